The molecule has 2 aromatic rings. The molecule has 0 fully saturated rings. The Morgan fingerprint density at radius 1 is 1.21 bits per heavy atom. The van der Waals surface area contributed by atoms with Crippen LogP contribution in [0.5, 0.6) is 0 Å². The first-order valence-corrected chi connectivity index (χ1v) is 8.83. The van der Waals surface area contributed by atoms with Crippen LogP contribution in [-0.4, -0.2) is 31.2 Å². The molecule has 2 rings (SSSR count). The first-order chi connectivity index (χ1) is 11.2. The van der Waals surface area contributed by atoms with Crippen LogP contribution in [0.3, 0.4) is 0 Å². The number of carbonyl (C=O) groups is 2. The number of sulfone groups is 1. The molecule has 0 aliphatic carbocycles. The number of rotatable bonds is 6. The number of benzene rings is 1. The van der Waals surface area contributed by atoms with Crippen molar-refractivity contribution in [3.05, 3.63) is 53.0 Å². The normalized spacial score (nSPS) is 11.2. The van der Waals surface area contributed by atoms with Gasteiger partial charge >= 0.3 is 5.97 Å². The number of hydrogen-bond donors (Lipinski definition) is 2. The molecular formula is C16H17NO6S. The van der Waals surface area contributed by atoms with Crippen LogP contribution in [0.15, 0.2) is 39.6 Å². The summed E-state index contributed by atoms with van der Waals surface area (Å²) in [5.41, 5.74) is 0.347. The zero-order valence-corrected chi connectivity index (χ0v) is 14.0. The Hall–Kier alpha value is -2.61. The molecule has 0 bridgehead atoms. The van der Waals surface area contributed by atoms with Crippen molar-refractivity contribution in [1.82, 2.24) is 5.32 Å². The van der Waals surface area contributed by atoms with Crippen LogP contribution >= 0.6 is 0 Å². The molecule has 8 heteroatoms. The number of hydrogen-bond acceptors (Lipinski definition) is 5. The highest BCUT2D eigenvalue weighted by atomic mass is 32.2. The maximum Gasteiger partial charge on any atom is 0.339 e. The quantitative estimate of drug-likeness (QED) is 0.823. The second kappa shape index (κ2) is 6.88. The van der Waals surface area contributed by atoms with Crippen molar-refractivity contribution in [2.75, 3.05) is 5.75 Å². The van der Waals surface area contributed by atoms with Gasteiger partial charge in [-0.3, -0.25) is 4.79 Å². The highest BCUT2D eigenvalue weighted by Gasteiger charge is 2.15. The van der Waals surface area contributed by atoms with Gasteiger partial charge in [-0.25, -0.2) is 13.2 Å². The molecule has 0 saturated heterocycles. The molecule has 1 amide bonds. The Bertz CT molecular complexity index is 864. The van der Waals surface area contributed by atoms with Gasteiger partial charge in [-0.15, -0.1) is 0 Å². The lowest BCUT2D eigenvalue weighted by atomic mass is 10.2. The van der Waals surface area contributed by atoms with E-state index in [1.807, 2.05) is 0 Å². The fourth-order valence-corrected chi connectivity index (χ4v) is 2.98. The lowest BCUT2D eigenvalue weighted by Gasteiger charge is -2.05. The maximum atomic E-state index is 12.1. The minimum absolute atomic E-state index is 0.0116. The molecule has 0 saturated carbocycles. The van der Waals surface area contributed by atoms with Crippen molar-refractivity contribution < 1.29 is 27.5 Å². The average Bonchev–Trinajstić information content (AvgIpc) is 2.94. The van der Waals surface area contributed by atoms with Gasteiger partial charge < -0.3 is 14.8 Å². The molecule has 0 aliphatic heterocycles. The van der Waals surface area contributed by atoms with Crippen LogP contribution in [0.25, 0.3) is 0 Å². The molecule has 1 aromatic carbocycles. The van der Waals surface area contributed by atoms with E-state index < -0.39 is 21.7 Å². The summed E-state index contributed by atoms with van der Waals surface area (Å²) in [5.74, 6) is -0.935. The molecule has 2 N–H and O–H groups in total. The van der Waals surface area contributed by atoms with Gasteiger partial charge in [0.2, 0.25) is 0 Å². The predicted octanol–water partition coefficient (Wildman–Crippen LogP) is 2.01. The third-order valence-electron chi connectivity index (χ3n) is 3.48. The fraction of sp³-hybridized carbons (Fsp3) is 0.250. The molecule has 7 nitrogen and oxygen atoms in total. The monoisotopic (exact) mass is 351 g/mol. The topological polar surface area (TPSA) is 114 Å². The van der Waals surface area contributed by atoms with E-state index in [1.54, 1.807) is 6.92 Å². The number of furan rings is 1. The van der Waals surface area contributed by atoms with Gasteiger partial charge in [0.25, 0.3) is 5.91 Å². The molecule has 24 heavy (non-hydrogen) atoms. The summed E-state index contributed by atoms with van der Waals surface area (Å²) in [7, 11) is -3.31. The fourth-order valence-electron chi connectivity index (χ4n) is 2.09. The van der Waals surface area contributed by atoms with Crippen molar-refractivity contribution in [1.29, 1.82) is 0 Å². The van der Waals surface area contributed by atoms with Crippen molar-refractivity contribution in [2.24, 2.45) is 0 Å². The molecule has 0 spiro atoms. The first-order valence-electron chi connectivity index (χ1n) is 7.18. The van der Waals surface area contributed by atoms with E-state index in [2.05, 4.69) is 5.32 Å². The Morgan fingerprint density at radius 2 is 1.83 bits per heavy atom. The van der Waals surface area contributed by atoms with Crippen molar-refractivity contribution in [3.63, 3.8) is 0 Å². The van der Waals surface area contributed by atoms with E-state index in [1.165, 1.54) is 37.3 Å². The van der Waals surface area contributed by atoms with E-state index in [-0.39, 0.29) is 28.5 Å². The summed E-state index contributed by atoms with van der Waals surface area (Å²) >= 11 is 0. The molecule has 0 radical (unpaired) electrons. The maximum absolute atomic E-state index is 12.1. The average molecular weight is 351 g/mol. The Balaban J connectivity index is 2.05. The summed E-state index contributed by atoms with van der Waals surface area (Å²) in [6.45, 7) is 3.11. The number of aromatic carboxylic acids is 1. The van der Waals surface area contributed by atoms with Crippen LogP contribution in [0.1, 0.15) is 39.2 Å². The van der Waals surface area contributed by atoms with E-state index in [0.29, 0.717) is 11.3 Å². The minimum Gasteiger partial charge on any atom is -0.478 e. The largest absolute Gasteiger partial charge is 0.478 e. The molecular weight excluding hydrogens is 334 g/mol. The molecule has 0 atom stereocenters. The van der Waals surface area contributed by atoms with Crippen LogP contribution in [-0.2, 0) is 16.4 Å². The Kier molecular flexibility index (Phi) is 5.08. The highest BCUT2D eigenvalue weighted by Crippen LogP contribution is 2.15. The van der Waals surface area contributed by atoms with Gasteiger partial charge in [-0.1, -0.05) is 6.92 Å². The van der Waals surface area contributed by atoms with Crippen molar-refractivity contribution in [3.8, 4) is 0 Å². The van der Waals surface area contributed by atoms with Gasteiger partial charge in [0.15, 0.2) is 9.84 Å². The molecule has 0 aliphatic rings. The number of amides is 1. The second-order valence-electron chi connectivity index (χ2n) is 5.10. The van der Waals surface area contributed by atoms with Crippen LogP contribution < -0.4 is 5.32 Å². The van der Waals surface area contributed by atoms with Crippen LogP contribution in [0.2, 0.25) is 0 Å². The molecule has 1 heterocycles. The third kappa shape index (κ3) is 3.83. The minimum atomic E-state index is -3.31. The van der Waals surface area contributed by atoms with E-state index in [9.17, 15) is 18.0 Å². The predicted molar refractivity (Wildman–Crippen MR) is 85.7 cm³/mol. The van der Waals surface area contributed by atoms with Crippen molar-refractivity contribution >= 4 is 21.7 Å². The number of carbonyl (C=O) groups excluding carboxylic acids is 1. The Labute approximate surface area is 139 Å². The summed E-state index contributed by atoms with van der Waals surface area (Å²) < 4.78 is 28.7. The third-order valence-corrected chi connectivity index (χ3v) is 5.23. The number of carboxylic acids is 1. The van der Waals surface area contributed by atoms with Crippen LogP contribution in [0.4, 0.5) is 0 Å². The number of carboxylic acid groups (broad SMARTS) is 1. The number of aryl methyl sites for hydroxylation is 1. The van der Waals surface area contributed by atoms with Gasteiger partial charge in [-0.2, -0.15) is 0 Å². The summed E-state index contributed by atoms with van der Waals surface area (Å²) in [6.07, 6.45) is 0. The van der Waals surface area contributed by atoms with Gasteiger partial charge in [0, 0.05) is 5.56 Å². The Morgan fingerprint density at radius 3 is 2.33 bits per heavy atom. The van der Waals surface area contributed by atoms with E-state index >= 15 is 0 Å². The molecule has 128 valence electrons. The van der Waals surface area contributed by atoms with E-state index in [4.69, 9.17) is 9.52 Å². The molecule has 0 unspecified atom stereocenters. The number of nitrogens with one attached hydrogen (secondary N) is 1. The van der Waals surface area contributed by atoms with Gasteiger partial charge in [0.05, 0.1) is 17.2 Å². The summed E-state index contributed by atoms with van der Waals surface area (Å²) in [5, 5.41) is 11.5. The van der Waals surface area contributed by atoms with Gasteiger partial charge in [-0.05, 0) is 37.3 Å². The zero-order valence-electron chi connectivity index (χ0n) is 13.2. The lowest BCUT2D eigenvalue weighted by Crippen LogP contribution is -2.22. The SMILES string of the molecule is CCS(=O)(=O)c1ccc(C(=O)NCc2cc(C(=O)O)c(C)o2)cc1. The van der Waals surface area contributed by atoms with Crippen molar-refractivity contribution in [2.45, 2.75) is 25.3 Å². The van der Waals surface area contributed by atoms with Crippen LogP contribution in [0, 0.1) is 6.92 Å². The lowest BCUT2D eigenvalue weighted by molar-refractivity contribution is 0.0694. The summed E-state index contributed by atoms with van der Waals surface area (Å²) in [6, 6.07) is 6.97. The second-order valence-corrected chi connectivity index (χ2v) is 7.38. The smallest absolute Gasteiger partial charge is 0.339 e. The standard InChI is InChI=1S/C16H17NO6S/c1-3-24(21,22)13-6-4-11(5-7-13)15(18)17-9-12-8-14(16(19)20)10(2)23-12/h4-8H,3,9H2,1-2H3,(H,17,18)(H,19,20). The summed E-state index contributed by atoms with van der Waals surface area (Å²) in [4.78, 5) is 23.2. The zero-order chi connectivity index (χ0) is 17.9. The van der Waals surface area contributed by atoms with Gasteiger partial charge in [0.1, 0.15) is 17.1 Å². The first kappa shape index (κ1) is 17.7. The highest BCUT2D eigenvalue weighted by molar-refractivity contribution is 7.91. The van der Waals surface area contributed by atoms with E-state index in [0.717, 1.165) is 0 Å². The molecule has 1 aromatic heterocycles.